The van der Waals surface area contributed by atoms with Crippen molar-refractivity contribution in [1.29, 1.82) is 5.26 Å². The smallest absolute Gasteiger partial charge is 0.0621 e. The fourth-order valence-electron chi connectivity index (χ4n) is 1.49. The lowest BCUT2D eigenvalue weighted by molar-refractivity contribution is 0.627. The normalized spacial score (nSPS) is 9.87. The van der Waals surface area contributed by atoms with Crippen molar-refractivity contribution in [2.24, 2.45) is 0 Å². The standard InChI is InChI=1S/C13H18N2/c1-12-7-3-4-8-13(12)11-15-10-6-2-5-9-14/h3-4,7-8,15H,2,5-6,10-11H2,1H3. The number of benzene rings is 1. The van der Waals surface area contributed by atoms with E-state index in [1.165, 1.54) is 11.1 Å². The Morgan fingerprint density at radius 3 is 2.80 bits per heavy atom. The molecule has 1 N–H and O–H groups in total. The molecule has 0 bridgehead atoms. The number of hydrogen-bond acceptors (Lipinski definition) is 2. The van der Waals surface area contributed by atoms with Gasteiger partial charge in [-0.05, 0) is 37.4 Å². The van der Waals surface area contributed by atoms with Crippen molar-refractivity contribution < 1.29 is 0 Å². The van der Waals surface area contributed by atoms with Crippen LogP contribution in [0.4, 0.5) is 0 Å². The number of rotatable bonds is 6. The van der Waals surface area contributed by atoms with E-state index in [1.54, 1.807) is 0 Å². The lowest BCUT2D eigenvalue weighted by Crippen LogP contribution is -2.15. The van der Waals surface area contributed by atoms with Crippen LogP contribution in [0.3, 0.4) is 0 Å². The highest BCUT2D eigenvalue weighted by molar-refractivity contribution is 5.25. The van der Waals surface area contributed by atoms with Crippen molar-refractivity contribution in [3.8, 4) is 6.07 Å². The predicted octanol–water partition coefficient (Wildman–Crippen LogP) is 2.78. The third-order valence-electron chi connectivity index (χ3n) is 2.47. The van der Waals surface area contributed by atoms with Gasteiger partial charge in [-0.1, -0.05) is 24.3 Å². The molecule has 0 spiro atoms. The van der Waals surface area contributed by atoms with Gasteiger partial charge < -0.3 is 5.32 Å². The molecule has 15 heavy (non-hydrogen) atoms. The molecule has 0 fully saturated rings. The summed E-state index contributed by atoms with van der Waals surface area (Å²) >= 11 is 0. The lowest BCUT2D eigenvalue weighted by Gasteiger charge is -2.06. The van der Waals surface area contributed by atoms with Gasteiger partial charge >= 0.3 is 0 Å². The Hall–Kier alpha value is -1.33. The van der Waals surface area contributed by atoms with E-state index in [1.807, 2.05) is 0 Å². The molecular formula is C13H18N2. The maximum atomic E-state index is 8.37. The molecule has 0 atom stereocenters. The summed E-state index contributed by atoms with van der Waals surface area (Å²) in [6, 6.07) is 10.6. The van der Waals surface area contributed by atoms with Crippen molar-refractivity contribution in [2.45, 2.75) is 32.7 Å². The van der Waals surface area contributed by atoms with Crippen LogP contribution in [0.5, 0.6) is 0 Å². The zero-order chi connectivity index (χ0) is 10.9. The minimum Gasteiger partial charge on any atom is -0.313 e. The molecule has 0 saturated heterocycles. The summed E-state index contributed by atoms with van der Waals surface area (Å²) in [6.07, 6.45) is 2.75. The molecule has 1 rings (SSSR count). The second-order valence-corrected chi connectivity index (χ2v) is 3.72. The molecule has 1 aromatic carbocycles. The molecule has 0 unspecified atom stereocenters. The number of nitrogens with one attached hydrogen (secondary N) is 1. The van der Waals surface area contributed by atoms with Crippen molar-refractivity contribution >= 4 is 0 Å². The van der Waals surface area contributed by atoms with Gasteiger partial charge in [-0.2, -0.15) is 5.26 Å². The largest absolute Gasteiger partial charge is 0.313 e. The fourth-order valence-corrected chi connectivity index (χ4v) is 1.49. The lowest BCUT2D eigenvalue weighted by atomic mass is 10.1. The van der Waals surface area contributed by atoms with Gasteiger partial charge in [0.2, 0.25) is 0 Å². The van der Waals surface area contributed by atoms with Crippen LogP contribution in [0.2, 0.25) is 0 Å². The van der Waals surface area contributed by atoms with E-state index in [-0.39, 0.29) is 0 Å². The number of nitriles is 1. The first-order chi connectivity index (χ1) is 7.34. The van der Waals surface area contributed by atoms with E-state index < -0.39 is 0 Å². The van der Waals surface area contributed by atoms with E-state index in [0.29, 0.717) is 6.42 Å². The molecule has 2 heteroatoms. The SMILES string of the molecule is Cc1ccccc1CNCCCCC#N. The van der Waals surface area contributed by atoms with Crippen LogP contribution in [0.15, 0.2) is 24.3 Å². The minimum absolute atomic E-state index is 0.673. The van der Waals surface area contributed by atoms with E-state index in [2.05, 4.69) is 42.6 Å². The van der Waals surface area contributed by atoms with Crippen molar-refractivity contribution in [3.05, 3.63) is 35.4 Å². The molecule has 0 aromatic heterocycles. The van der Waals surface area contributed by atoms with Crippen molar-refractivity contribution in [3.63, 3.8) is 0 Å². The van der Waals surface area contributed by atoms with Gasteiger partial charge in [0, 0.05) is 13.0 Å². The average Bonchev–Trinajstić information content (AvgIpc) is 2.25. The van der Waals surface area contributed by atoms with E-state index >= 15 is 0 Å². The van der Waals surface area contributed by atoms with E-state index in [4.69, 9.17) is 5.26 Å². The summed E-state index contributed by atoms with van der Waals surface area (Å²) < 4.78 is 0. The zero-order valence-electron chi connectivity index (χ0n) is 9.29. The van der Waals surface area contributed by atoms with Gasteiger partial charge in [-0.15, -0.1) is 0 Å². The number of aryl methyl sites for hydroxylation is 1. The van der Waals surface area contributed by atoms with Crippen LogP contribution < -0.4 is 5.32 Å². The maximum absolute atomic E-state index is 8.37. The zero-order valence-corrected chi connectivity index (χ0v) is 9.29. The van der Waals surface area contributed by atoms with Gasteiger partial charge in [-0.25, -0.2) is 0 Å². The summed E-state index contributed by atoms with van der Waals surface area (Å²) in [7, 11) is 0. The first-order valence-electron chi connectivity index (χ1n) is 5.47. The summed E-state index contributed by atoms with van der Waals surface area (Å²) in [5, 5.41) is 11.8. The van der Waals surface area contributed by atoms with Crippen LogP contribution in [0.25, 0.3) is 0 Å². The minimum atomic E-state index is 0.673. The van der Waals surface area contributed by atoms with Gasteiger partial charge in [0.05, 0.1) is 6.07 Å². The third kappa shape index (κ3) is 4.62. The highest BCUT2D eigenvalue weighted by Crippen LogP contribution is 2.06. The molecule has 2 nitrogen and oxygen atoms in total. The van der Waals surface area contributed by atoms with Crippen LogP contribution in [0, 0.1) is 18.3 Å². The Morgan fingerprint density at radius 2 is 2.07 bits per heavy atom. The third-order valence-corrected chi connectivity index (χ3v) is 2.47. The fraction of sp³-hybridized carbons (Fsp3) is 0.462. The van der Waals surface area contributed by atoms with Crippen LogP contribution >= 0.6 is 0 Å². The first kappa shape index (κ1) is 11.7. The molecule has 0 saturated carbocycles. The van der Waals surface area contributed by atoms with E-state index in [9.17, 15) is 0 Å². The summed E-state index contributed by atoms with van der Waals surface area (Å²) in [6.45, 7) is 4.06. The molecule has 0 amide bonds. The predicted molar refractivity (Wildman–Crippen MR) is 62.3 cm³/mol. The molecule has 0 aliphatic heterocycles. The molecule has 0 radical (unpaired) electrons. The average molecular weight is 202 g/mol. The van der Waals surface area contributed by atoms with Gasteiger partial charge in [-0.3, -0.25) is 0 Å². The van der Waals surface area contributed by atoms with Gasteiger partial charge in [0.15, 0.2) is 0 Å². The van der Waals surface area contributed by atoms with Crippen LogP contribution in [-0.2, 0) is 6.54 Å². The van der Waals surface area contributed by atoms with Crippen LogP contribution in [-0.4, -0.2) is 6.54 Å². The Bertz CT molecular complexity index is 326. The molecule has 0 aliphatic rings. The molecule has 0 heterocycles. The van der Waals surface area contributed by atoms with Crippen LogP contribution in [0.1, 0.15) is 30.4 Å². The van der Waals surface area contributed by atoms with Crippen molar-refractivity contribution in [1.82, 2.24) is 5.32 Å². The summed E-state index contributed by atoms with van der Waals surface area (Å²) in [4.78, 5) is 0. The number of hydrogen-bond donors (Lipinski definition) is 1. The Kier molecular flexibility index (Phi) is 5.50. The topological polar surface area (TPSA) is 35.8 Å². The summed E-state index contributed by atoms with van der Waals surface area (Å²) in [5.74, 6) is 0. The monoisotopic (exact) mass is 202 g/mol. The molecule has 1 aromatic rings. The Labute approximate surface area is 91.9 Å². The van der Waals surface area contributed by atoms with Gasteiger partial charge in [0.25, 0.3) is 0 Å². The molecule has 0 aliphatic carbocycles. The first-order valence-corrected chi connectivity index (χ1v) is 5.47. The second kappa shape index (κ2) is 7.03. The number of unbranched alkanes of at least 4 members (excludes halogenated alkanes) is 2. The van der Waals surface area contributed by atoms with Crippen molar-refractivity contribution in [2.75, 3.05) is 6.54 Å². The van der Waals surface area contributed by atoms with E-state index in [0.717, 1.165) is 25.9 Å². The summed E-state index contributed by atoms with van der Waals surface area (Å²) in [5.41, 5.74) is 2.69. The quantitative estimate of drug-likeness (QED) is 0.720. The second-order valence-electron chi connectivity index (χ2n) is 3.72. The molecule has 80 valence electrons. The molecular weight excluding hydrogens is 184 g/mol. The highest BCUT2D eigenvalue weighted by Gasteiger charge is 1.95. The maximum Gasteiger partial charge on any atom is 0.0621 e. The Balaban J connectivity index is 2.16. The Morgan fingerprint density at radius 1 is 1.27 bits per heavy atom. The highest BCUT2D eigenvalue weighted by atomic mass is 14.8. The van der Waals surface area contributed by atoms with Gasteiger partial charge in [0.1, 0.15) is 0 Å². The number of nitrogens with zero attached hydrogens (tertiary/aromatic N) is 1.